The summed E-state index contributed by atoms with van der Waals surface area (Å²) < 4.78 is 2.08. The van der Waals surface area contributed by atoms with Crippen LogP contribution in [0.3, 0.4) is 0 Å². The van der Waals surface area contributed by atoms with Crippen LogP contribution in [-0.4, -0.2) is 64.6 Å². The fourth-order valence-electron chi connectivity index (χ4n) is 4.71. The van der Waals surface area contributed by atoms with Crippen LogP contribution in [0.4, 0.5) is 5.69 Å². The van der Waals surface area contributed by atoms with E-state index in [4.69, 9.17) is 4.84 Å². The van der Waals surface area contributed by atoms with E-state index in [2.05, 4.69) is 73.5 Å². The summed E-state index contributed by atoms with van der Waals surface area (Å²) in [5.74, 6) is 0.321. The van der Waals surface area contributed by atoms with Crippen molar-refractivity contribution in [3.05, 3.63) is 52.3 Å². The summed E-state index contributed by atoms with van der Waals surface area (Å²) in [7, 11) is 2.09. The van der Waals surface area contributed by atoms with E-state index in [-0.39, 0.29) is 19.1 Å². The highest BCUT2D eigenvalue weighted by molar-refractivity contribution is 5.96. The van der Waals surface area contributed by atoms with Crippen LogP contribution in [0.1, 0.15) is 53.5 Å². The lowest BCUT2D eigenvalue weighted by atomic mass is 10.0. The van der Waals surface area contributed by atoms with Crippen molar-refractivity contribution < 1.29 is 14.7 Å². The maximum Gasteiger partial charge on any atom is 0.294 e. The third-order valence-corrected chi connectivity index (χ3v) is 6.43. The number of carbonyl (C=O) groups is 1. The summed E-state index contributed by atoms with van der Waals surface area (Å²) in [6.45, 7) is 13.7. The number of carbonyl (C=O) groups excluding carboxylic acids is 1. The highest BCUT2D eigenvalue weighted by atomic mass is 16.7. The Balaban J connectivity index is 1.79. The Morgan fingerprint density at radius 1 is 1.28 bits per heavy atom. The molecule has 1 atom stereocenters. The number of amides is 1. The first kappa shape index (κ1) is 22.8. The molecule has 174 valence electrons. The lowest BCUT2D eigenvalue weighted by Crippen LogP contribution is -2.42. The zero-order chi connectivity index (χ0) is 23.2. The Kier molecular flexibility index (Phi) is 6.09. The lowest BCUT2D eigenvalue weighted by Gasteiger charge is -2.36. The molecule has 0 aliphatic carbocycles. The van der Waals surface area contributed by atoms with E-state index in [0.29, 0.717) is 24.7 Å². The van der Waals surface area contributed by atoms with Gasteiger partial charge < -0.3 is 14.6 Å². The van der Waals surface area contributed by atoms with E-state index >= 15 is 0 Å². The predicted molar refractivity (Wildman–Crippen MR) is 126 cm³/mol. The fraction of sp³-hybridized carbons (Fsp3) is 0.560. The number of hydrogen-bond donors (Lipinski definition) is 1. The van der Waals surface area contributed by atoms with Gasteiger partial charge >= 0.3 is 0 Å². The molecule has 32 heavy (non-hydrogen) atoms. The van der Waals surface area contributed by atoms with Crippen molar-refractivity contribution in [2.45, 2.75) is 53.3 Å². The largest absolute Gasteiger partial charge is 0.386 e. The molecule has 0 radical (unpaired) electrons. The maximum atomic E-state index is 13.7. The number of hydrogen-bond acceptors (Lipinski definition) is 5. The molecule has 0 bridgehead atoms. The summed E-state index contributed by atoms with van der Waals surface area (Å²) in [5.41, 5.74) is 5.46. The molecule has 4 rings (SSSR count). The molecule has 1 saturated heterocycles. The zero-order valence-corrected chi connectivity index (χ0v) is 20.2. The van der Waals surface area contributed by atoms with Crippen molar-refractivity contribution in [1.29, 1.82) is 0 Å². The smallest absolute Gasteiger partial charge is 0.294 e. The van der Waals surface area contributed by atoms with Gasteiger partial charge in [-0.25, -0.2) is 5.06 Å². The van der Waals surface area contributed by atoms with Crippen LogP contribution in [0.5, 0.6) is 0 Å². The van der Waals surface area contributed by atoms with E-state index in [0.717, 1.165) is 24.5 Å². The van der Waals surface area contributed by atoms with Gasteiger partial charge in [0.15, 0.2) is 0 Å². The standard InChI is InChI=1S/C25H36N4O3/c1-17(2)10-28-16-26(6)12-21-22(28)13-27(11-20-9-7-8-18(3)19(20)4)23(21)24(30)29-14-25(5,31)15-32-29/h7-9,13,17,31H,10-12,14-16H2,1-6H3/t25-/m0/s1. The molecule has 2 aromatic rings. The van der Waals surface area contributed by atoms with Crippen molar-refractivity contribution in [3.8, 4) is 0 Å². The van der Waals surface area contributed by atoms with E-state index in [1.54, 1.807) is 6.92 Å². The third-order valence-electron chi connectivity index (χ3n) is 6.43. The second-order valence-electron chi connectivity index (χ2n) is 10.2. The van der Waals surface area contributed by atoms with Crippen LogP contribution >= 0.6 is 0 Å². The fourth-order valence-corrected chi connectivity index (χ4v) is 4.71. The summed E-state index contributed by atoms with van der Waals surface area (Å²) in [6, 6.07) is 6.32. The molecule has 7 nitrogen and oxygen atoms in total. The molecule has 3 heterocycles. The van der Waals surface area contributed by atoms with Crippen LogP contribution in [0, 0.1) is 19.8 Å². The van der Waals surface area contributed by atoms with Crippen molar-refractivity contribution in [3.63, 3.8) is 0 Å². The number of anilines is 1. The molecule has 1 aromatic carbocycles. The SMILES string of the molecule is Cc1cccc(Cn2cc3c(c2C(=O)N2C[C@](C)(O)CO2)CN(C)CN3CC(C)C)c1C. The molecule has 2 aliphatic rings. The molecule has 1 fully saturated rings. The third kappa shape index (κ3) is 4.42. The first-order valence-corrected chi connectivity index (χ1v) is 11.4. The minimum Gasteiger partial charge on any atom is -0.386 e. The van der Waals surface area contributed by atoms with Gasteiger partial charge in [-0.2, -0.15) is 0 Å². The summed E-state index contributed by atoms with van der Waals surface area (Å²) >= 11 is 0. The number of fused-ring (bicyclic) bond motifs is 1. The summed E-state index contributed by atoms with van der Waals surface area (Å²) in [4.78, 5) is 23.9. The van der Waals surface area contributed by atoms with Crippen molar-refractivity contribution >= 4 is 11.6 Å². The Morgan fingerprint density at radius 3 is 2.69 bits per heavy atom. The predicted octanol–water partition coefficient (Wildman–Crippen LogP) is 3.16. The van der Waals surface area contributed by atoms with E-state index < -0.39 is 5.60 Å². The van der Waals surface area contributed by atoms with Crippen molar-refractivity contribution in [2.75, 3.05) is 38.3 Å². The number of nitrogens with zero attached hydrogens (tertiary/aromatic N) is 4. The van der Waals surface area contributed by atoms with Crippen molar-refractivity contribution in [2.24, 2.45) is 5.92 Å². The normalized spacial score (nSPS) is 21.5. The van der Waals surface area contributed by atoms with E-state index in [1.165, 1.54) is 21.8 Å². The van der Waals surface area contributed by atoms with Gasteiger partial charge in [0, 0.05) is 31.4 Å². The number of aromatic nitrogens is 1. The Hall–Kier alpha value is -2.35. The minimum absolute atomic E-state index is 0.123. The van der Waals surface area contributed by atoms with Crippen LogP contribution in [-0.2, 0) is 17.9 Å². The van der Waals surface area contributed by atoms with Crippen LogP contribution in [0.2, 0.25) is 0 Å². The Morgan fingerprint density at radius 2 is 2.03 bits per heavy atom. The average molecular weight is 441 g/mol. The number of aliphatic hydroxyl groups is 1. The van der Waals surface area contributed by atoms with E-state index in [1.807, 2.05) is 0 Å². The number of hydroxylamine groups is 2. The van der Waals surface area contributed by atoms with Gasteiger partial charge in [0.05, 0.1) is 18.9 Å². The number of aryl methyl sites for hydroxylation is 1. The zero-order valence-electron chi connectivity index (χ0n) is 20.2. The second kappa shape index (κ2) is 8.54. The van der Waals surface area contributed by atoms with Gasteiger partial charge in [-0.1, -0.05) is 32.0 Å². The van der Waals surface area contributed by atoms with Crippen LogP contribution in [0.15, 0.2) is 24.4 Å². The van der Waals surface area contributed by atoms with Crippen LogP contribution < -0.4 is 4.90 Å². The molecular formula is C25H36N4O3. The van der Waals surface area contributed by atoms with Gasteiger partial charge in [-0.15, -0.1) is 0 Å². The topological polar surface area (TPSA) is 61.2 Å². The molecule has 1 N–H and O–H groups in total. The highest BCUT2D eigenvalue weighted by Crippen LogP contribution is 2.34. The van der Waals surface area contributed by atoms with Crippen molar-refractivity contribution in [1.82, 2.24) is 14.5 Å². The highest BCUT2D eigenvalue weighted by Gasteiger charge is 2.39. The molecule has 1 aromatic heterocycles. The molecule has 2 aliphatic heterocycles. The van der Waals surface area contributed by atoms with Crippen LogP contribution in [0.25, 0.3) is 0 Å². The van der Waals surface area contributed by atoms with Gasteiger partial charge in [-0.05, 0) is 50.4 Å². The lowest BCUT2D eigenvalue weighted by molar-refractivity contribution is -0.0803. The van der Waals surface area contributed by atoms with Gasteiger partial charge in [-0.3, -0.25) is 14.5 Å². The summed E-state index contributed by atoms with van der Waals surface area (Å²) in [6.07, 6.45) is 2.13. The number of β-amino-alcohol motifs (C(OH)–C–C–N with tert-alkyl or cyclic N) is 1. The molecule has 0 spiro atoms. The molecular weight excluding hydrogens is 404 g/mol. The Bertz CT molecular complexity index is 1010. The van der Waals surface area contributed by atoms with Gasteiger partial charge in [0.2, 0.25) is 0 Å². The quantitative estimate of drug-likeness (QED) is 0.774. The summed E-state index contributed by atoms with van der Waals surface area (Å²) in [5, 5.41) is 11.7. The average Bonchev–Trinajstić information content (AvgIpc) is 3.24. The first-order chi connectivity index (χ1) is 15.1. The Labute approximate surface area is 191 Å². The van der Waals surface area contributed by atoms with Gasteiger partial charge in [0.25, 0.3) is 5.91 Å². The molecule has 0 saturated carbocycles. The minimum atomic E-state index is -1.03. The van der Waals surface area contributed by atoms with Gasteiger partial charge in [0.1, 0.15) is 17.9 Å². The molecule has 0 unspecified atom stereocenters. The maximum absolute atomic E-state index is 13.7. The molecule has 1 amide bonds. The second-order valence-corrected chi connectivity index (χ2v) is 10.2. The van der Waals surface area contributed by atoms with E-state index in [9.17, 15) is 9.90 Å². The number of rotatable bonds is 5. The monoisotopic (exact) mass is 440 g/mol. The first-order valence-electron chi connectivity index (χ1n) is 11.4. The number of benzene rings is 1. The molecule has 7 heteroatoms.